The Bertz CT molecular complexity index is 104. The molecule has 0 aromatic heterocycles. The second-order valence-electron chi connectivity index (χ2n) is 1.73. The van der Waals surface area contributed by atoms with E-state index in [2.05, 4.69) is 0 Å². The standard InChI is InChI=1S/C5H11NO2S.2Na/c1-9-3-2-4(6)5(7)8;;/h4H,2-3,6H2,1H3,(H,7,8);;/t4-;;/m0../s1. The van der Waals surface area contributed by atoms with Crippen LogP contribution in [0.2, 0.25) is 0 Å². The van der Waals surface area contributed by atoms with E-state index in [1.165, 1.54) is 0 Å². The van der Waals surface area contributed by atoms with E-state index in [-0.39, 0.29) is 59.1 Å². The first-order valence-corrected chi connectivity index (χ1v) is 4.05. The molecule has 0 fully saturated rings. The molecule has 0 aromatic rings. The van der Waals surface area contributed by atoms with E-state index in [0.717, 1.165) is 5.75 Å². The quantitative estimate of drug-likeness (QED) is 0.587. The van der Waals surface area contributed by atoms with Crippen LogP contribution in [0, 0.1) is 0 Å². The summed E-state index contributed by atoms with van der Waals surface area (Å²) in [4.78, 5) is 10.1. The van der Waals surface area contributed by atoms with Crippen molar-refractivity contribution in [2.45, 2.75) is 12.5 Å². The molecule has 0 bridgehead atoms. The van der Waals surface area contributed by atoms with Crippen LogP contribution in [0.1, 0.15) is 6.42 Å². The van der Waals surface area contributed by atoms with Crippen molar-refractivity contribution in [3.8, 4) is 0 Å². The molecular weight excluding hydrogens is 184 g/mol. The Morgan fingerprint density at radius 1 is 1.64 bits per heavy atom. The Kier molecular flexibility index (Phi) is 19.9. The molecule has 0 unspecified atom stereocenters. The Hall–Kier alpha value is 1.78. The molecule has 6 heteroatoms. The number of carboxylic acids is 1. The monoisotopic (exact) mass is 195 g/mol. The zero-order chi connectivity index (χ0) is 7.28. The molecule has 2 radical (unpaired) electrons. The number of hydrogen-bond acceptors (Lipinski definition) is 3. The van der Waals surface area contributed by atoms with Gasteiger partial charge in [0.2, 0.25) is 0 Å². The van der Waals surface area contributed by atoms with Crippen LogP contribution in [0.5, 0.6) is 0 Å². The van der Waals surface area contributed by atoms with Crippen LogP contribution in [-0.4, -0.2) is 88.2 Å². The number of thioether (sulfide) groups is 1. The molecule has 1 atom stereocenters. The first-order valence-electron chi connectivity index (χ1n) is 2.65. The number of aliphatic carboxylic acids is 1. The fourth-order valence-electron chi connectivity index (χ4n) is 0.368. The fourth-order valence-corrected chi connectivity index (χ4v) is 0.858. The molecule has 0 saturated carbocycles. The minimum Gasteiger partial charge on any atom is -0.480 e. The molecule has 0 saturated heterocycles. The molecule has 0 heterocycles. The second kappa shape index (κ2) is 11.8. The smallest absolute Gasteiger partial charge is 0.320 e. The van der Waals surface area contributed by atoms with Gasteiger partial charge in [0, 0.05) is 59.1 Å². The summed E-state index contributed by atoms with van der Waals surface area (Å²) in [6, 6.07) is -0.683. The van der Waals surface area contributed by atoms with Gasteiger partial charge in [-0.05, 0) is 18.4 Å². The molecule has 0 aromatic carbocycles. The van der Waals surface area contributed by atoms with E-state index in [1.54, 1.807) is 11.8 Å². The van der Waals surface area contributed by atoms with Crippen molar-refractivity contribution in [1.29, 1.82) is 0 Å². The number of carbonyl (C=O) groups is 1. The SMILES string of the molecule is CSCC[C@H](N)C(=O)O.[Na].[Na]. The molecule has 0 aliphatic heterocycles. The minimum absolute atomic E-state index is 0. The van der Waals surface area contributed by atoms with Crippen LogP contribution in [-0.2, 0) is 4.79 Å². The molecule has 3 N–H and O–H groups in total. The fraction of sp³-hybridized carbons (Fsp3) is 0.800. The average Bonchev–Trinajstić information content (AvgIpc) is 1.82. The van der Waals surface area contributed by atoms with Crippen molar-refractivity contribution in [2.24, 2.45) is 5.73 Å². The summed E-state index contributed by atoms with van der Waals surface area (Å²) in [7, 11) is 0. The third-order valence-electron chi connectivity index (χ3n) is 0.950. The summed E-state index contributed by atoms with van der Waals surface area (Å²) < 4.78 is 0. The Morgan fingerprint density at radius 2 is 2.09 bits per heavy atom. The summed E-state index contributed by atoms with van der Waals surface area (Å²) in [5, 5.41) is 8.27. The zero-order valence-electron chi connectivity index (χ0n) is 7.33. The van der Waals surface area contributed by atoms with E-state index >= 15 is 0 Å². The van der Waals surface area contributed by atoms with Crippen molar-refractivity contribution in [3.63, 3.8) is 0 Å². The van der Waals surface area contributed by atoms with E-state index in [1.807, 2.05) is 6.26 Å². The van der Waals surface area contributed by atoms with Crippen molar-refractivity contribution < 1.29 is 9.90 Å². The molecule has 0 aliphatic carbocycles. The maximum Gasteiger partial charge on any atom is 0.320 e. The third-order valence-corrected chi connectivity index (χ3v) is 1.59. The predicted molar refractivity (Wildman–Crippen MR) is 50.1 cm³/mol. The van der Waals surface area contributed by atoms with Crippen LogP contribution >= 0.6 is 11.8 Å². The van der Waals surface area contributed by atoms with Crippen LogP contribution in [0.15, 0.2) is 0 Å². The van der Waals surface area contributed by atoms with Gasteiger partial charge < -0.3 is 10.8 Å². The molecule has 0 spiro atoms. The summed E-state index contributed by atoms with van der Waals surface area (Å²) >= 11 is 1.60. The second-order valence-corrected chi connectivity index (χ2v) is 2.71. The van der Waals surface area contributed by atoms with E-state index in [9.17, 15) is 4.79 Å². The molecule has 0 rings (SSSR count). The van der Waals surface area contributed by atoms with E-state index in [4.69, 9.17) is 10.8 Å². The number of hydrogen-bond donors (Lipinski definition) is 2. The summed E-state index contributed by atoms with van der Waals surface area (Å²) in [6.07, 6.45) is 2.48. The van der Waals surface area contributed by atoms with Crippen molar-refractivity contribution in [2.75, 3.05) is 12.0 Å². The Balaban J connectivity index is -0.000000320. The van der Waals surface area contributed by atoms with Gasteiger partial charge in [0.25, 0.3) is 0 Å². The normalized spacial score (nSPS) is 10.7. The van der Waals surface area contributed by atoms with Gasteiger partial charge in [-0.15, -0.1) is 0 Å². The van der Waals surface area contributed by atoms with Crippen LogP contribution in [0.3, 0.4) is 0 Å². The van der Waals surface area contributed by atoms with Gasteiger partial charge in [-0.2, -0.15) is 11.8 Å². The minimum atomic E-state index is -0.913. The third kappa shape index (κ3) is 11.8. The predicted octanol–water partition coefficient (Wildman–Crippen LogP) is -0.610. The number of rotatable bonds is 4. The summed E-state index contributed by atoms with van der Waals surface area (Å²) in [5.41, 5.74) is 5.19. The summed E-state index contributed by atoms with van der Waals surface area (Å²) in [5.74, 6) is -0.1000. The van der Waals surface area contributed by atoms with Gasteiger partial charge in [0.05, 0.1) is 0 Å². The largest absolute Gasteiger partial charge is 0.480 e. The van der Waals surface area contributed by atoms with E-state index in [0.29, 0.717) is 6.42 Å². The molecule has 0 aliphatic rings. The molecule has 3 nitrogen and oxygen atoms in total. The van der Waals surface area contributed by atoms with Gasteiger partial charge in [0.15, 0.2) is 0 Å². The van der Waals surface area contributed by atoms with Crippen molar-refractivity contribution >= 4 is 76.8 Å². The van der Waals surface area contributed by atoms with Gasteiger partial charge in [-0.1, -0.05) is 0 Å². The van der Waals surface area contributed by atoms with Crippen LogP contribution in [0.4, 0.5) is 0 Å². The van der Waals surface area contributed by atoms with Gasteiger partial charge in [0.1, 0.15) is 6.04 Å². The first kappa shape index (κ1) is 18.5. The van der Waals surface area contributed by atoms with Crippen LogP contribution in [0.25, 0.3) is 0 Å². The van der Waals surface area contributed by atoms with Gasteiger partial charge in [-0.3, -0.25) is 4.79 Å². The zero-order valence-corrected chi connectivity index (χ0v) is 12.1. The molecule has 0 amide bonds. The van der Waals surface area contributed by atoms with Gasteiger partial charge >= 0.3 is 5.97 Å². The Labute approximate surface area is 115 Å². The maximum atomic E-state index is 10.1. The van der Waals surface area contributed by atoms with E-state index < -0.39 is 12.0 Å². The topological polar surface area (TPSA) is 63.3 Å². The molecular formula is C5H11NNa2O2S. The number of carboxylic acid groups (broad SMARTS) is 1. The van der Waals surface area contributed by atoms with Crippen molar-refractivity contribution in [3.05, 3.63) is 0 Å². The maximum absolute atomic E-state index is 10.1. The number of nitrogens with two attached hydrogens (primary N) is 1. The molecule has 11 heavy (non-hydrogen) atoms. The molecule has 56 valence electrons. The van der Waals surface area contributed by atoms with Gasteiger partial charge in [-0.25, -0.2) is 0 Å². The summed E-state index contributed by atoms with van der Waals surface area (Å²) in [6.45, 7) is 0. The Morgan fingerprint density at radius 3 is 2.36 bits per heavy atom. The van der Waals surface area contributed by atoms with Crippen molar-refractivity contribution in [1.82, 2.24) is 0 Å². The average molecular weight is 195 g/mol. The first-order chi connectivity index (χ1) is 4.18. The van der Waals surface area contributed by atoms with Crippen LogP contribution < -0.4 is 5.73 Å².